The van der Waals surface area contributed by atoms with E-state index in [1.165, 1.54) is 18.2 Å². The van der Waals surface area contributed by atoms with Crippen LogP contribution in [0.2, 0.25) is 0 Å². The van der Waals surface area contributed by atoms with Crippen molar-refractivity contribution in [3.8, 4) is 0 Å². The fraction of sp³-hybridized carbons (Fsp3) is 0. The summed E-state index contributed by atoms with van der Waals surface area (Å²) in [4.78, 5) is 21.5. The van der Waals surface area contributed by atoms with Gasteiger partial charge in [0.2, 0.25) is 0 Å². The van der Waals surface area contributed by atoms with Gasteiger partial charge >= 0.3 is 59.1 Å². The summed E-state index contributed by atoms with van der Waals surface area (Å²) >= 11 is 1.79. The van der Waals surface area contributed by atoms with E-state index >= 15 is 0 Å². The predicted molar refractivity (Wildman–Crippen MR) is 56.5 cm³/mol. The van der Waals surface area contributed by atoms with Crippen molar-refractivity contribution in [3.63, 3.8) is 0 Å². The van der Waals surface area contributed by atoms with Crippen LogP contribution in [0.25, 0.3) is 11.5 Å². The fourth-order valence-electron chi connectivity index (χ4n) is 0.883. The van der Waals surface area contributed by atoms with Gasteiger partial charge in [0.15, 0.2) is 0 Å². The number of hydrogen-bond donors (Lipinski definition) is 0. The molecule has 68 valence electrons. The largest absolute Gasteiger partial charge is 1.00 e. The Kier molecular flexibility index (Phi) is 9.80. The van der Waals surface area contributed by atoms with E-state index in [1.807, 2.05) is 0 Å². The molecule has 15 heavy (non-hydrogen) atoms. The summed E-state index contributed by atoms with van der Waals surface area (Å²) in [6, 6.07) is 4.42. The van der Waals surface area contributed by atoms with Crippen LogP contribution in [-0.2, 0) is 0 Å². The average Bonchev–Trinajstić information content (AvgIpc) is 2.03. The molecule has 2 amide bonds. The zero-order chi connectivity index (χ0) is 10.0. The molecule has 0 heterocycles. The molecule has 0 unspecified atom stereocenters. The van der Waals surface area contributed by atoms with Gasteiger partial charge in [0.25, 0.3) is 0 Å². The number of nitrogens with one attached hydrogen (secondary N) is 2. The minimum atomic E-state index is -0.840. The minimum absolute atomic E-state index is 0. The Morgan fingerprint density at radius 3 is 1.60 bits per heavy atom. The molecule has 0 saturated heterocycles. The maximum absolute atomic E-state index is 10.7. The van der Waals surface area contributed by atoms with E-state index in [1.54, 1.807) is 22.6 Å². The Bertz CT molecular complexity index is 353. The van der Waals surface area contributed by atoms with Gasteiger partial charge in [-0.15, -0.1) is 0 Å². The second-order valence-electron chi connectivity index (χ2n) is 2.33. The second-order valence-corrected chi connectivity index (χ2v) is 3.40. The summed E-state index contributed by atoms with van der Waals surface area (Å²) < 4.78 is 0.375. The number of hydrogen-bond acceptors (Lipinski definition) is 2. The molecule has 0 bridgehead atoms. The normalized spacial score (nSPS) is 8.33. The monoisotopic (exact) mass is 334 g/mol. The quantitative estimate of drug-likeness (QED) is 0.419. The Hall–Kier alpha value is 0.890. The van der Waals surface area contributed by atoms with Crippen molar-refractivity contribution in [2.75, 3.05) is 0 Å². The number of carbonyl (C=O) groups is 2. The van der Waals surface area contributed by atoms with E-state index in [0.717, 1.165) is 0 Å². The Labute approximate surface area is 145 Å². The van der Waals surface area contributed by atoms with Crippen molar-refractivity contribution in [2.45, 2.75) is 0 Å². The molecule has 1 aromatic carbocycles. The molecule has 1 aromatic rings. The summed E-state index contributed by atoms with van der Waals surface area (Å²) in [5.74, 6) is -1.68. The van der Waals surface area contributed by atoms with E-state index in [2.05, 4.69) is 0 Å². The molecule has 0 fully saturated rings. The minimum Gasteiger partial charge on any atom is -0.664 e. The zero-order valence-electron chi connectivity index (χ0n) is 8.43. The van der Waals surface area contributed by atoms with Gasteiger partial charge in [0.05, 0.1) is 11.8 Å². The van der Waals surface area contributed by atoms with Crippen LogP contribution < -0.4 is 59.1 Å². The topological polar surface area (TPSA) is 81.7 Å². The van der Waals surface area contributed by atoms with Crippen molar-refractivity contribution >= 4 is 34.4 Å². The molecule has 7 heteroatoms. The number of carbonyl (C=O) groups excluding carboxylic acids is 2. The molecule has 0 aliphatic rings. The van der Waals surface area contributed by atoms with Crippen molar-refractivity contribution < 1.29 is 68.7 Å². The number of benzene rings is 1. The van der Waals surface area contributed by atoms with Crippen LogP contribution >= 0.6 is 22.6 Å². The van der Waals surface area contributed by atoms with Gasteiger partial charge in [-0.05, 0) is 22.6 Å². The first-order chi connectivity index (χ1) is 6.04. The third kappa shape index (κ3) is 4.72. The molecular weight excluding hydrogens is 329 g/mol. The van der Waals surface area contributed by atoms with Crippen LogP contribution in [0.1, 0.15) is 20.7 Å². The molecule has 0 spiro atoms. The summed E-state index contributed by atoms with van der Waals surface area (Å²) in [6.45, 7) is 0. The van der Waals surface area contributed by atoms with Crippen LogP contribution in [0.3, 0.4) is 0 Å². The van der Waals surface area contributed by atoms with E-state index in [4.69, 9.17) is 11.5 Å². The molecule has 0 saturated carbocycles. The molecule has 0 atom stereocenters. The molecule has 4 nitrogen and oxygen atoms in total. The van der Waals surface area contributed by atoms with Crippen molar-refractivity contribution in [1.29, 1.82) is 0 Å². The number of halogens is 1. The van der Waals surface area contributed by atoms with Gasteiger partial charge in [-0.3, -0.25) is 0 Å². The fourth-order valence-corrected chi connectivity index (χ4v) is 1.73. The molecule has 2 N–H and O–H groups in total. The number of amides is 2. The van der Waals surface area contributed by atoms with Crippen molar-refractivity contribution in [3.05, 3.63) is 44.4 Å². The van der Waals surface area contributed by atoms with Crippen LogP contribution in [0, 0.1) is 3.57 Å². The zero-order valence-corrected chi connectivity index (χ0v) is 14.6. The molecule has 1 rings (SSSR count). The molecule has 0 radical (unpaired) electrons. The van der Waals surface area contributed by atoms with Gasteiger partial charge < -0.3 is 21.1 Å². The van der Waals surface area contributed by atoms with E-state index in [9.17, 15) is 9.59 Å². The average molecular weight is 334 g/mol. The van der Waals surface area contributed by atoms with Crippen LogP contribution in [-0.4, -0.2) is 11.8 Å². The molecule has 0 aliphatic heterocycles. The van der Waals surface area contributed by atoms with E-state index in [0.29, 0.717) is 3.57 Å². The van der Waals surface area contributed by atoms with Crippen LogP contribution in [0.15, 0.2) is 18.2 Å². The third-order valence-corrected chi connectivity index (χ3v) is 2.65. The first kappa shape index (κ1) is 18.3. The standard InChI is InChI=1S/C8H7IN2O2.2Na/c9-6-4(7(10)12)2-1-3-5(6)8(11)13;;/h1-3H,(H4,10,11,12,13);;/q;2*+1/p-2. The van der Waals surface area contributed by atoms with Crippen molar-refractivity contribution in [1.82, 2.24) is 0 Å². The maximum atomic E-state index is 10.7. The maximum Gasteiger partial charge on any atom is 1.00 e. The molecule has 0 aromatic heterocycles. The van der Waals surface area contributed by atoms with Gasteiger partial charge in [-0.2, -0.15) is 0 Å². The van der Waals surface area contributed by atoms with Crippen LogP contribution in [0.4, 0.5) is 0 Å². The second kappa shape index (κ2) is 8.05. The predicted octanol–water partition coefficient (Wildman–Crippen LogP) is -3.32. The summed E-state index contributed by atoms with van der Waals surface area (Å²) in [5.41, 5.74) is 14.1. The molecule has 0 aliphatic carbocycles. The van der Waals surface area contributed by atoms with E-state index in [-0.39, 0.29) is 70.2 Å². The van der Waals surface area contributed by atoms with Gasteiger partial charge in [-0.25, -0.2) is 0 Å². The Morgan fingerprint density at radius 2 is 1.33 bits per heavy atom. The Balaban J connectivity index is 0. The third-order valence-electron chi connectivity index (χ3n) is 1.49. The van der Waals surface area contributed by atoms with Gasteiger partial charge in [0, 0.05) is 14.7 Å². The number of rotatable bonds is 2. The SMILES string of the molecule is [NH-]C(=O)c1cccc(C([NH-])=O)c1I.[Na+].[Na+]. The Morgan fingerprint density at radius 1 is 1.00 bits per heavy atom. The van der Waals surface area contributed by atoms with Gasteiger partial charge in [-0.1, -0.05) is 18.2 Å². The summed E-state index contributed by atoms with van der Waals surface area (Å²) in [7, 11) is 0. The van der Waals surface area contributed by atoms with Crippen LogP contribution in [0.5, 0.6) is 0 Å². The summed E-state index contributed by atoms with van der Waals surface area (Å²) in [5, 5.41) is 0. The first-order valence-electron chi connectivity index (χ1n) is 3.34. The van der Waals surface area contributed by atoms with E-state index < -0.39 is 11.8 Å². The first-order valence-corrected chi connectivity index (χ1v) is 4.42. The summed E-state index contributed by atoms with van der Waals surface area (Å²) in [6.07, 6.45) is 0. The smallest absolute Gasteiger partial charge is 0.664 e. The van der Waals surface area contributed by atoms with Gasteiger partial charge in [0.1, 0.15) is 0 Å². The molecular formula is C8H5IN2Na2O2. The van der Waals surface area contributed by atoms with Crippen molar-refractivity contribution in [2.24, 2.45) is 0 Å².